The first kappa shape index (κ1) is 17.1. The number of rotatable bonds is 6. The maximum atomic E-state index is 13.1. The first-order valence-corrected chi connectivity index (χ1v) is 8.06. The summed E-state index contributed by atoms with van der Waals surface area (Å²) in [5.74, 6) is 0.679. The molecule has 25 heavy (non-hydrogen) atoms. The number of hydrogen-bond donors (Lipinski definition) is 0. The van der Waals surface area contributed by atoms with Crippen molar-refractivity contribution in [2.24, 2.45) is 0 Å². The van der Waals surface area contributed by atoms with Crippen LogP contribution in [0.1, 0.15) is 37.7 Å². The molecule has 0 unspecified atom stereocenters. The smallest absolute Gasteiger partial charge is 0.297 e. The summed E-state index contributed by atoms with van der Waals surface area (Å²) >= 11 is 0. The van der Waals surface area contributed by atoms with Crippen LogP contribution in [0.2, 0.25) is 0 Å². The first-order valence-electron chi connectivity index (χ1n) is 8.06. The van der Waals surface area contributed by atoms with Crippen molar-refractivity contribution in [3.05, 3.63) is 66.0 Å². The Labute approximate surface area is 145 Å². The molecule has 0 saturated heterocycles. The monoisotopic (exact) mass is 343 g/mol. The van der Waals surface area contributed by atoms with Gasteiger partial charge in [0.05, 0.1) is 0 Å². The van der Waals surface area contributed by atoms with Crippen molar-refractivity contribution in [2.75, 3.05) is 0 Å². The Bertz CT molecular complexity index is 789. The molecule has 3 aromatic rings. The molecule has 2 aromatic carbocycles. The predicted octanol–water partition coefficient (Wildman–Crippen LogP) is 5.04. The molecule has 0 radical (unpaired) electrons. The van der Waals surface area contributed by atoms with Crippen molar-refractivity contribution in [2.45, 2.75) is 32.9 Å². The Morgan fingerprint density at radius 3 is 2.24 bits per heavy atom. The second-order valence-electron chi connectivity index (χ2n) is 5.93. The lowest BCUT2D eigenvalue weighted by atomic mass is 10.2. The molecule has 0 atom stereocenters. The lowest BCUT2D eigenvalue weighted by molar-refractivity contribution is 0.131. The third-order valence-corrected chi connectivity index (χ3v) is 3.70. The molecule has 0 aliphatic heterocycles. The highest BCUT2D eigenvalue weighted by atomic mass is 19.3. The van der Waals surface area contributed by atoms with Gasteiger partial charge in [0.2, 0.25) is 0 Å². The van der Waals surface area contributed by atoms with Gasteiger partial charge in [-0.25, -0.2) is 18.4 Å². The standard InChI is InChI=1S/C19H19F2N3O/c1-13(2)24-19(17(20)21)22-18(23-24)15-8-10-16(11-9-15)25-12-14-6-4-3-5-7-14/h3-11,13,17H,12H2,1-2H3. The third kappa shape index (κ3) is 4.02. The molecule has 0 N–H and O–H groups in total. The van der Waals surface area contributed by atoms with E-state index in [1.807, 2.05) is 30.3 Å². The molecule has 0 saturated carbocycles. The summed E-state index contributed by atoms with van der Waals surface area (Å²) in [7, 11) is 0. The fourth-order valence-corrected chi connectivity index (χ4v) is 2.43. The van der Waals surface area contributed by atoms with Crippen LogP contribution in [0.3, 0.4) is 0 Å². The Kier molecular flexibility index (Phi) is 5.07. The van der Waals surface area contributed by atoms with E-state index in [0.29, 0.717) is 23.7 Å². The molecule has 0 spiro atoms. The Hall–Kier alpha value is -2.76. The number of aromatic nitrogens is 3. The molecule has 6 heteroatoms. The maximum Gasteiger partial charge on any atom is 0.297 e. The van der Waals surface area contributed by atoms with Crippen LogP contribution < -0.4 is 4.74 Å². The van der Waals surface area contributed by atoms with Crippen molar-refractivity contribution < 1.29 is 13.5 Å². The van der Waals surface area contributed by atoms with Gasteiger partial charge in [0.15, 0.2) is 11.6 Å². The van der Waals surface area contributed by atoms with Crippen LogP contribution in [0.5, 0.6) is 5.75 Å². The molecular formula is C19H19F2N3O. The Morgan fingerprint density at radius 2 is 1.68 bits per heavy atom. The van der Waals surface area contributed by atoms with Gasteiger partial charge < -0.3 is 4.74 Å². The van der Waals surface area contributed by atoms with Crippen molar-refractivity contribution in [3.8, 4) is 17.1 Å². The number of hydrogen-bond acceptors (Lipinski definition) is 3. The molecule has 0 aliphatic rings. The minimum absolute atomic E-state index is 0.182. The fourth-order valence-electron chi connectivity index (χ4n) is 2.43. The van der Waals surface area contributed by atoms with Gasteiger partial charge in [-0.1, -0.05) is 30.3 Å². The van der Waals surface area contributed by atoms with E-state index in [9.17, 15) is 8.78 Å². The average Bonchev–Trinajstić information content (AvgIpc) is 3.07. The maximum absolute atomic E-state index is 13.1. The van der Waals surface area contributed by atoms with E-state index in [1.54, 1.807) is 38.1 Å². The van der Waals surface area contributed by atoms with Crippen molar-refractivity contribution in [3.63, 3.8) is 0 Å². The van der Waals surface area contributed by atoms with Crippen LogP contribution >= 0.6 is 0 Å². The number of benzene rings is 2. The van der Waals surface area contributed by atoms with Gasteiger partial charge in [0.25, 0.3) is 6.43 Å². The van der Waals surface area contributed by atoms with E-state index in [1.165, 1.54) is 4.68 Å². The topological polar surface area (TPSA) is 39.9 Å². The van der Waals surface area contributed by atoms with Gasteiger partial charge in [-0.2, -0.15) is 5.10 Å². The van der Waals surface area contributed by atoms with E-state index in [4.69, 9.17) is 4.74 Å². The molecule has 4 nitrogen and oxygen atoms in total. The molecule has 0 bridgehead atoms. The second-order valence-corrected chi connectivity index (χ2v) is 5.93. The molecule has 0 aliphatic carbocycles. The minimum Gasteiger partial charge on any atom is -0.489 e. The Balaban J connectivity index is 1.75. The zero-order chi connectivity index (χ0) is 17.8. The highest BCUT2D eigenvalue weighted by molar-refractivity contribution is 5.56. The molecule has 0 amide bonds. The lowest BCUT2D eigenvalue weighted by Crippen LogP contribution is -2.08. The van der Waals surface area contributed by atoms with Crippen LogP contribution in [0.4, 0.5) is 8.78 Å². The van der Waals surface area contributed by atoms with Crippen LogP contribution in [-0.2, 0) is 6.61 Å². The predicted molar refractivity (Wildman–Crippen MR) is 91.6 cm³/mol. The van der Waals surface area contributed by atoms with Gasteiger partial charge >= 0.3 is 0 Å². The van der Waals surface area contributed by atoms with Crippen molar-refractivity contribution in [1.82, 2.24) is 14.8 Å². The molecule has 130 valence electrons. The van der Waals surface area contributed by atoms with Crippen molar-refractivity contribution >= 4 is 0 Å². The van der Waals surface area contributed by atoms with E-state index < -0.39 is 6.43 Å². The summed E-state index contributed by atoms with van der Waals surface area (Å²) < 4.78 is 33.2. The summed E-state index contributed by atoms with van der Waals surface area (Å²) in [6.45, 7) is 4.06. The summed E-state index contributed by atoms with van der Waals surface area (Å²) in [6.07, 6.45) is -2.66. The van der Waals surface area contributed by atoms with Gasteiger partial charge in [0.1, 0.15) is 12.4 Å². The van der Waals surface area contributed by atoms with Crippen LogP contribution in [0, 0.1) is 0 Å². The van der Waals surface area contributed by atoms with E-state index >= 15 is 0 Å². The summed E-state index contributed by atoms with van der Waals surface area (Å²) in [5, 5.41) is 4.21. The molecule has 0 fully saturated rings. The molecule has 1 aromatic heterocycles. The van der Waals surface area contributed by atoms with Crippen molar-refractivity contribution in [1.29, 1.82) is 0 Å². The zero-order valence-corrected chi connectivity index (χ0v) is 14.1. The largest absolute Gasteiger partial charge is 0.489 e. The van der Waals surface area contributed by atoms with Gasteiger partial charge in [-0.05, 0) is 43.7 Å². The highest BCUT2D eigenvalue weighted by Crippen LogP contribution is 2.25. The zero-order valence-electron chi connectivity index (χ0n) is 14.1. The van der Waals surface area contributed by atoms with Gasteiger partial charge in [-0.3, -0.25) is 0 Å². The molecular weight excluding hydrogens is 324 g/mol. The second kappa shape index (κ2) is 7.42. The number of nitrogens with zero attached hydrogens (tertiary/aromatic N) is 3. The van der Waals surface area contributed by atoms with E-state index in [0.717, 1.165) is 5.56 Å². The number of ether oxygens (including phenoxy) is 1. The molecule has 3 rings (SSSR count). The minimum atomic E-state index is -2.66. The van der Waals surface area contributed by atoms with E-state index in [2.05, 4.69) is 10.1 Å². The van der Waals surface area contributed by atoms with E-state index in [-0.39, 0.29) is 11.9 Å². The molecule has 1 heterocycles. The summed E-state index contributed by atoms with van der Waals surface area (Å²) in [6, 6.07) is 16.8. The summed E-state index contributed by atoms with van der Waals surface area (Å²) in [4.78, 5) is 3.99. The number of alkyl halides is 2. The number of halogens is 2. The Morgan fingerprint density at radius 1 is 1.00 bits per heavy atom. The van der Waals surface area contributed by atoms with Gasteiger partial charge in [0, 0.05) is 11.6 Å². The van der Waals surface area contributed by atoms with Crippen LogP contribution in [0.15, 0.2) is 54.6 Å². The normalized spacial score (nSPS) is 11.3. The summed E-state index contributed by atoms with van der Waals surface area (Å²) in [5.41, 5.74) is 1.75. The van der Waals surface area contributed by atoms with Crippen LogP contribution in [-0.4, -0.2) is 14.8 Å². The highest BCUT2D eigenvalue weighted by Gasteiger charge is 2.21. The van der Waals surface area contributed by atoms with Crippen LogP contribution in [0.25, 0.3) is 11.4 Å². The average molecular weight is 343 g/mol. The first-order chi connectivity index (χ1) is 12.0. The van der Waals surface area contributed by atoms with Gasteiger partial charge in [-0.15, -0.1) is 0 Å². The fraction of sp³-hybridized carbons (Fsp3) is 0.263. The lowest BCUT2D eigenvalue weighted by Gasteiger charge is -2.07. The third-order valence-electron chi connectivity index (χ3n) is 3.70. The SMILES string of the molecule is CC(C)n1nc(-c2ccc(OCc3ccccc3)cc2)nc1C(F)F. The quantitative estimate of drug-likeness (QED) is 0.629.